The maximum atomic E-state index is 12.9. The van der Waals surface area contributed by atoms with Gasteiger partial charge in [0.25, 0.3) is 11.8 Å². The number of nitrogens with zero attached hydrogens (tertiary/aromatic N) is 1. The number of piperidine rings is 1. The van der Waals surface area contributed by atoms with Gasteiger partial charge in [0.1, 0.15) is 0 Å². The van der Waals surface area contributed by atoms with Crippen LogP contribution in [-0.4, -0.2) is 41.8 Å². The Morgan fingerprint density at radius 1 is 1.07 bits per heavy atom. The third kappa shape index (κ3) is 5.39. The number of amides is 3. The Kier molecular flexibility index (Phi) is 7.11. The first-order chi connectivity index (χ1) is 14.3. The summed E-state index contributed by atoms with van der Waals surface area (Å²) >= 11 is 6.06. The average molecular weight is 428 g/mol. The predicted molar refractivity (Wildman–Crippen MR) is 118 cm³/mol. The molecule has 2 aromatic rings. The zero-order valence-corrected chi connectivity index (χ0v) is 17.9. The molecular formula is C23H26ClN3O3. The van der Waals surface area contributed by atoms with Crippen LogP contribution in [0.1, 0.15) is 47.4 Å². The largest absolute Gasteiger partial charge is 0.354 e. The Morgan fingerprint density at radius 2 is 1.77 bits per heavy atom. The lowest BCUT2D eigenvalue weighted by atomic mass is 9.96. The number of halogens is 1. The molecule has 0 bridgehead atoms. The van der Waals surface area contributed by atoms with E-state index < -0.39 is 0 Å². The van der Waals surface area contributed by atoms with Crippen LogP contribution in [-0.2, 0) is 4.79 Å². The molecule has 0 spiro atoms. The molecule has 0 aromatic heterocycles. The van der Waals surface area contributed by atoms with E-state index in [1.165, 1.54) is 0 Å². The highest BCUT2D eigenvalue weighted by Gasteiger charge is 2.29. The van der Waals surface area contributed by atoms with Crippen LogP contribution < -0.4 is 10.6 Å². The van der Waals surface area contributed by atoms with Crippen LogP contribution in [0.5, 0.6) is 0 Å². The fraction of sp³-hybridized carbons (Fsp3) is 0.348. The summed E-state index contributed by atoms with van der Waals surface area (Å²) in [5.74, 6) is -0.602. The molecule has 1 fully saturated rings. The molecule has 0 aliphatic carbocycles. The van der Waals surface area contributed by atoms with Crippen molar-refractivity contribution in [2.75, 3.05) is 18.4 Å². The first-order valence-corrected chi connectivity index (χ1v) is 10.5. The third-order valence-corrected chi connectivity index (χ3v) is 5.35. The maximum absolute atomic E-state index is 12.9. The number of carbonyl (C=O) groups excluding carboxylic acids is 3. The van der Waals surface area contributed by atoms with Crippen LogP contribution in [0, 0.1) is 5.92 Å². The zero-order chi connectivity index (χ0) is 21.7. The highest BCUT2D eigenvalue weighted by Crippen LogP contribution is 2.21. The Hall–Kier alpha value is -2.86. The molecule has 1 aliphatic rings. The highest BCUT2D eigenvalue weighted by atomic mass is 35.5. The summed E-state index contributed by atoms with van der Waals surface area (Å²) in [6.45, 7) is 4.91. The molecule has 158 valence electrons. The summed E-state index contributed by atoms with van der Waals surface area (Å²) in [4.78, 5) is 39.3. The molecule has 1 saturated heterocycles. The summed E-state index contributed by atoms with van der Waals surface area (Å²) in [6, 6.07) is 13.6. The molecule has 1 atom stereocenters. The van der Waals surface area contributed by atoms with E-state index in [0.29, 0.717) is 34.9 Å². The second kappa shape index (κ2) is 9.76. The van der Waals surface area contributed by atoms with Gasteiger partial charge in [-0.25, -0.2) is 0 Å². The van der Waals surface area contributed by atoms with Crippen molar-refractivity contribution < 1.29 is 14.4 Å². The number of nitrogens with one attached hydrogen (secondary N) is 2. The lowest BCUT2D eigenvalue weighted by Crippen LogP contribution is -2.46. The van der Waals surface area contributed by atoms with Gasteiger partial charge < -0.3 is 15.5 Å². The van der Waals surface area contributed by atoms with Gasteiger partial charge in [-0.1, -0.05) is 23.7 Å². The fourth-order valence-corrected chi connectivity index (χ4v) is 3.72. The standard InChI is InChI=1S/C23H26ClN3O3/c1-15(2)25-21(28)17-6-5-13-27(14-17)23(30)16-9-11-18(12-10-16)26-22(29)19-7-3-4-8-20(19)24/h3-4,7-12,15,17H,5-6,13-14H2,1-2H3,(H,25,28)(H,26,29). The lowest BCUT2D eigenvalue weighted by Gasteiger charge is -2.32. The van der Waals surface area contributed by atoms with Crippen molar-refractivity contribution in [3.63, 3.8) is 0 Å². The number of likely N-dealkylation sites (tertiary alicyclic amines) is 1. The molecule has 0 saturated carbocycles. The van der Waals surface area contributed by atoms with Gasteiger partial charge in [0.15, 0.2) is 0 Å². The lowest BCUT2D eigenvalue weighted by molar-refractivity contribution is -0.126. The second-order valence-electron chi connectivity index (χ2n) is 7.76. The van der Waals surface area contributed by atoms with Crippen molar-refractivity contribution in [2.45, 2.75) is 32.7 Å². The third-order valence-electron chi connectivity index (χ3n) is 5.02. The van der Waals surface area contributed by atoms with E-state index in [1.54, 1.807) is 53.4 Å². The molecule has 1 heterocycles. The van der Waals surface area contributed by atoms with Crippen LogP contribution in [0.3, 0.4) is 0 Å². The Balaban J connectivity index is 1.63. The van der Waals surface area contributed by atoms with Crippen molar-refractivity contribution in [3.05, 3.63) is 64.7 Å². The highest BCUT2D eigenvalue weighted by molar-refractivity contribution is 6.34. The van der Waals surface area contributed by atoms with Crippen molar-refractivity contribution in [3.8, 4) is 0 Å². The van der Waals surface area contributed by atoms with E-state index in [1.807, 2.05) is 13.8 Å². The maximum Gasteiger partial charge on any atom is 0.257 e. The first-order valence-electron chi connectivity index (χ1n) is 10.1. The van der Waals surface area contributed by atoms with Crippen LogP contribution in [0.15, 0.2) is 48.5 Å². The van der Waals surface area contributed by atoms with Crippen molar-refractivity contribution in [1.82, 2.24) is 10.2 Å². The van der Waals surface area contributed by atoms with E-state index in [-0.39, 0.29) is 29.7 Å². The Morgan fingerprint density at radius 3 is 2.43 bits per heavy atom. The fourth-order valence-electron chi connectivity index (χ4n) is 3.50. The molecule has 0 radical (unpaired) electrons. The Labute approximate surface area is 181 Å². The van der Waals surface area contributed by atoms with E-state index in [0.717, 1.165) is 12.8 Å². The molecule has 3 amide bonds. The average Bonchev–Trinajstić information content (AvgIpc) is 2.73. The number of benzene rings is 2. The van der Waals surface area contributed by atoms with E-state index in [9.17, 15) is 14.4 Å². The summed E-state index contributed by atoms with van der Waals surface area (Å²) in [5, 5.41) is 6.09. The summed E-state index contributed by atoms with van der Waals surface area (Å²) in [5.41, 5.74) is 1.48. The van der Waals surface area contributed by atoms with Gasteiger partial charge in [-0.2, -0.15) is 0 Å². The van der Waals surface area contributed by atoms with Crippen molar-refractivity contribution in [2.24, 2.45) is 5.92 Å². The normalized spacial score (nSPS) is 16.3. The van der Waals surface area contributed by atoms with Gasteiger partial charge in [-0.05, 0) is 63.1 Å². The van der Waals surface area contributed by atoms with Crippen LogP contribution in [0.25, 0.3) is 0 Å². The summed E-state index contributed by atoms with van der Waals surface area (Å²) in [6.07, 6.45) is 1.59. The minimum atomic E-state index is -0.310. The van der Waals surface area contributed by atoms with Crippen molar-refractivity contribution in [1.29, 1.82) is 0 Å². The zero-order valence-electron chi connectivity index (χ0n) is 17.2. The topological polar surface area (TPSA) is 78.5 Å². The van der Waals surface area contributed by atoms with Gasteiger partial charge in [-0.15, -0.1) is 0 Å². The van der Waals surface area contributed by atoms with Crippen LogP contribution in [0.2, 0.25) is 5.02 Å². The smallest absolute Gasteiger partial charge is 0.257 e. The van der Waals surface area contributed by atoms with Crippen LogP contribution in [0.4, 0.5) is 5.69 Å². The molecule has 7 heteroatoms. The minimum Gasteiger partial charge on any atom is -0.354 e. The number of anilines is 1. The quantitative estimate of drug-likeness (QED) is 0.757. The monoisotopic (exact) mass is 427 g/mol. The molecule has 2 aromatic carbocycles. The van der Waals surface area contributed by atoms with E-state index >= 15 is 0 Å². The summed E-state index contributed by atoms with van der Waals surface area (Å²) < 4.78 is 0. The van der Waals surface area contributed by atoms with E-state index in [4.69, 9.17) is 11.6 Å². The molecule has 6 nitrogen and oxygen atoms in total. The van der Waals surface area contributed by atoms with Gasteiger partial charge in [0.05, 0.1) is 16.5 Å². The molecule has 3 rings (SSSR count). The van der Waals surface area contributed by atoms with Gasteiger partial charge >= 0.3 is 0 Å². The van der Waals surface area contributed by atoms with E-state index in [2.05, 4.69) is 10.6 Å². The predicted octanol–water partition coefficient (Wildman–Crippen LogP) is 3.97. The molecule has 30 heavy (non-hydrogen) atoms. The minimum absolute atomic E-state index is 0.000123. The van der Waals surface area contributed by atoms with Crippen molar-refractivity contribution >= 4 is 35.0 Å². The number of carbonyl (C=O) groups is 3. The SMILES string of the molecule is CC(C)NC(=O)C1CCCN(C(=O)c2ccc(NC(=O)c3ccccc3Cl)cc2)C1. The van der Waals surface area contributed by atoms with Crippen LogP contribution >= 0.6 is 11.6 Å². The number of hydrogen-bond donors (Lipinski definition) is 2. The number of rotatable bonds is 5. The molecular weight excluding hydrogens is 402 g/mol. The van der Waals surface area contributed by atoms with Gasteiger partial charge in [-0.3, -0.25) is 14.4 Å². The summed E-state index contributed by atoms with van der Waals surface area (Å²) in [7, 11) is 0. The van der Waals surface area contributed by atoms with Gasteiger partial charge in [0, 0.05) is 30.4 Å². The molecule has 2 N–H and O–H groups in total. The Bertz CT molecular complexity index is 928. The number of hydrogen-bond acceptors (Lipinski definition) is 3. The van der Waals surface area contributed by atoms with Gasteiger partial charge in [0.2, 0.25) is 5.91 Å². The molecule has 1 aliphatic heterocycles. The second-order valence-corrected chi connectivity index (χ2v) is 8.17. The first kappa shape index (κ1) is 21.8. The molecule has 1 unspecified atom stereocenters.